The number of hydrogen-bond donors (Lipinski definition) is 1. The van der Waals surface area contributed by atoms with Crippen LogP contribution in [-0.4, -0.2) is 18.9 Å². The third-order valence-corrected chi connectivity index (χ3v) is 7.42. The van der Waals surface area contributed by atoms with Gasteiger partial charge in [0.2, 0.25) is 0 Å². The minimum Gasteiger partial charge on any atom is -0.489 e. The first-order chi connectivity index (χ1) is 15.3. The van der Waals surface area contributed by atoms with Gasteiger partial charge in [-0.3, -0.25) is 4.79 Å². The molecule has 0 bridgehead atoms. The Bertz CT molecular complexity index is 1160. The highest BCUT2D eigenvalue weighted by Gasteiger charge is 2.39. The fraction of sp³-hybridized carbons (Fsp3) is 0.360. The van der Waals surface area contributed by atoms with Gasteiger partial charge in [-0.2, -0.15) is 0 Å². The van der Waals surface area contributed by atoms with Crippen LogP contribution in [0.1, 0.15) is 53.0 Å². The van der Waals surface area contributed by atoms with Crippen LogP contribution in [0.5, 0.6) is 5.75 Å². The fourth-order valence-electron chi connectivity index (χ4n) is 4.41. The number of halogens is 1. The minimum atomic E-state index is -0.416. The quantitative estimate of drug-likeness (QED) is 0.563. The molecule has 2 aromatic rings. The lowest BCUT2D eigenvalue weighted by Crippen LogP contribution is -2.33. The standard InChI is InChI=1S/C25H26ClNO4S/c1-13-10-17(26)8-9-20(13)31-12-16-11-21(32-15(16)3)24-22(25(29)30-4)14(2)27-18-6-5-7-19(28)23(18)24/h8-11,24,27H,5-7,12H2,1-4H3. The normalized spacial score (nSPS) is 18.4. The highest BCUT2D eigenvalue weighted by Crippen LogP contribution is 2.45. The molecule has 1 aliphatic carbocycles. The number of aryl methyl sites for hydroxylation is 2. The predicted molar refractivity (Wildman–Crippen MR) is 126 cm³/mol. The maximum Gasteiger partial charge on any atom is 0.336 e. The van der Waals surface area contributed by atoms with Crippen LogP contribution in [0.25, 0.3) is 0 Å². The first-order valence-corrected chi connectivity index (χ1v) is 11.8. The van der Waals surface area contributed by atoms with Crippen molar-refractivity contribution in [2.24, 2.45) is 0 Å². The fourth-order valence-corrected chi connectivity index (χ4v) is 5.79. The molecule has 0 fully saturated rings. The first-order valence-electron chi connectivity index (χ1n) is 10.6. The second kappa shape index (κ2) is 9.12. The molecule has 168 valence electrons. The highest BCUT2D eigenvalue weighted by molar-refractivity contribution is 7.12. The first kappa shape index (κ1) is 22.6. The Morgan fingerprint density at radius 2 is 2.00 bits per heavy atom. The van der Waals surface area contributed by atoms with E-state index in [-0.39, 0.29) is 5.78 Å². The number of ether oxygens (including phenoxy) is 2. The lowest BCUT2D eigenvalue weighted by molar-refractivity contribution is -0.136. The molecule has 1 aromatic carbocycles. The Hall–Kier alpha value is -2.57. The van der Waals surface area contributed by atoms with Crippen molar-refractivity contribution in [2.75, 3.05) is 7.11 Å². The van der Waals surface area contributed by atoms with Crippen LogP contribution in [0.3, 0.4) is 0 Å². The third-order valence-electron chi connectivity index (χ3n) is 6.03. The molecule has 0 radical (unpaired) electrons. The Balaban J connectivity index is 1.70. The van der Waals surface area contributed by atoms with Gasteiger partial charge in [-0.15, -0.1) is 11.3 Å². The van der Waals surface area contributed by atoms with Crippen LogP contribution >= 0.6 is 22.9 Å². The largest absolute Gasteiger partial charge is 0.489 e. The number of allylic oxidation sites excluding steroid dienone is 3. The summed E-state index contributed by atoms with van der Waals surface area (Å²) in [5, 5.41) is 3.97. The van der Waals surface area contributed by atoms with Crippen molar-refractivity contribution in [1.82, 2.24) is 5.32 Å². The Morgan fingerprint density at radius 1 is 1.22 bits per heavy atom. The van der Waals surface area contributed by atoms with Crippen LogP contribution in [0.15, 0.2) is 46.8 Å². The summed E-state index contributed by atoms with van der Waals surface area (Å²) in [5.74, 6) is 0.0481. The number of ketones is 1. The number of thiophene rings is 1. The molecule has 0 saturated heterocycles. The van der Waals surface area contributed by atoms with Crippen LogP contribution in [0, 0.1) is 13.8 Å². The number of benzene rings is 1. The molecule has 7 heteroatoms. The van der Waals surface area contributed by atoms with E-state index in [4.69, 9.17) is 21.1 Å². The second-order valence-electron chi connectivity index (χ2n) is 8.19. The van der Waals surface area contributed by atoms with Crippen LogP contribution in [0.2, 0.25) is 5.02 Å². The van der Waals surface area contributed by atoms with Crippen molar-refractivity contribution in [3.8, 4) is 5.75 Å². The smallest absolute Gasteiger partial charge is 0.336 e. The van der Waals surface area contributed by atoms with E-state index in [2.05, 4.69) is 11.4 Å². The van der Waals surface area contributed by atoms with Crippen LogP contribution in [-0.2, 0) is 20.9 Å². The van der Waals surface area contributed by atoms with Gasteiger partial charge < -0.3 is 14.8 Å². The van der Waals surface area contributed by atoms with Crippen molar-refractivity contribution in [3.63, 3.8) is 0 Å². The number of methoxy groups -OCH3 is 1. The zero-order chi connectivity index (χ0) is 23.0. The number of Topliss-reactive ketones (excluding diaryl/α,β-unsaturated/α-hetero) is 1. The number of dihydropyridines is 1. The summed E-state index contributed by atoms with van der Waals surface area (Å²) in [6.45, 7) is 6.26. The average molecular weight is 472 g/mol. The van der Waals surface area contributed by atoms with E-state index in [1.807, 2.05) is 39.0 Å². The van der Waals surface area contributed by atoms with Crippen molar-refractivity contribution in [1.29, 1.82) is 0 Å². The van der Waals surface area contributed by atoms with E-state index in [1.54, 1.807) is 11.3 Å². The maximum absolute atomic E-state index is 12.9. The minimum absolute atomic E-state index is 0.0956. The lowest BCUT2D eigenvalue weighted by Gasteiger charge is -2.33. The van der Waals surface area contributed by atoms with Gasteiger partial charge in [0.15, 0.2) is 5.78 Å². The average Bonchev–Trinajstić information content (AvgIpc) is 3.12. The van der Waals surface area contributed by atoms with Gasteiger partial charge in [0.05, 0.1) is 18.6 Å². The summed E-state index contributed by atoms with van der Waals surface area (Å²) < 4.78 is 11.1. The van der Waals surface area contributed by atoms with Gasteiger partial charge in [0.25, 0.3) is 0 Å². The second-order valence-corrected chi connectivity index (χ2v) is 9.91. The molecule has 2 aliphatic rings. The summed E-state index contributed by atoms with van der Waals surface area (Å²) >= 11 is 7.64. The predicted octanol–water partition coefficient (Wildman–Crippen LogP) is 5.74. The number of esters is 1. The summed E-state index contributed by atoms with van der Waals surface area (Å²) in [5.41, 5.74) is 4.88. The molecular weight excluding hydrogens is 446 g/mol. The van der Waals surface area contributed by atoms with E-state index in [1.165, 1.54) is 7.11 Å². The molecule has 0 saturated carbocycles. The van der Waals surface area contributed by atoms with Gasteiger partial charge in [-0.1, -0.05) is 11.6 Å². The number of rotatable bonds is 5. The van der Waals surface area contributed by atoms with E-state index in [9.17, 15) is 9.59 Å². The SMILES string of the molecule is COC(=O)C1=C(C)NC2=C(C(=O)CCC2)C1c1cc(COc2ccc(Cl)cc2C)c(C)s1. The molecule has 1 aliphatic heterocycles. The van der Waals surface area contributed by atoms with Crippen molar-refractivity contribution in [2.45, 2.75) is 52.6 Å². The van der Waals surface area contributed by atoms with E-state index in [0.717, 1.165) is 50.9 Å². The summed E-state index contributed by atoms with van der Waals surface area (Å²) in [6, 6.07) is 7.61. The summed E-state index contributed by atoms with van der Waals surface area (Å²) in [4.78, 5) is 27.7. The summed E-state index contributed by atoms with van der Waals surface area (Å²) in [6.07, 6.45) is 2.13. The van der Waals surface area contributed by atoms with Crippen molar-refractivity contribution < 1.29 is 19.1 Å². The summed E-state index contributed by atoms with van der Waals surface area (Å²) in [7, 11) is 1.37. The third kappa shape index (κ3) is 4.21. The number of carbonyl (C=O) groups is 2. The van der Waals surface area contributed by atoms with Crippen LogP contribution in [0.4, 0.5) is 0 Å². The molecule has 1 N–H and O–H groups in total. The molecular formula is C25H26ClNO4S. The molecule has 32 heavy (non-hydrogen) atoms. The lowest BCUT2D eigenvalue weighted by atomic mass is 9.78. The molecule has 0 amide bonds. The van der Waals surface area contributed by atoms with Crippen LogP contribution < -0.4 is 10.1 Å². The Labute approximate surface area is 197 Å². The molecule has 2 heterocycles. The molecule has 5 nitrogen and oxygen atoms in total. The van der Waals surface area contributed by atoms with E-state index in [0.29, 0.717) is 29.2 Å². The zero-order valence-corrected chi connectivity index (χ0v) is 20.2. The number of nitrogens with one attached hydrogen (secondary N) is 1. The topological polar surface area (TPSA) is 64.6 Å². The van der Waals surface area contributed by atoms with Gasteiger partial charge >= 0.3 is 5.97 Å². The molecule has 1 unspecified atom stereocenters. The maximum atomic E-state index is 12.9. The van der Waals surface area contributed by atoms with Gasteiger partial charge in [-0.25, -0.2) is 4.79 Å². The highest BCUT2D eigenvalue weighted by atomic mass is 35.5. The van der Waals surface area contributed by atoms with Gasteiger partial charge in [-0.05, 0) is 63.4 Å². The molecule has 0 spiro atoms. The molecule has 1 atom stereocenters. The van der Waals surface area contributed by atoms with Gasteiger partial charge in [0.1, 0.15) is 12.4 Å². The van der Waals surface area contributed by atoms with Crippen molar-refractivity contribution in [3.05, 3.63) is 72.7 Å². The zero-order valence-electron chi connectivity index (χ0n) is 18.6. The Morgan fingerprint density at radius 3 is 2.72 bits per heavy atom. The van der Waals surface area contributed by atoms with Crippen molar-refractivity contribution >= 4 is 34.7 Å². The number of hydrogen-bond acceptors (Lipinski definition) is 6. The number of carbonyl (C=O) groups excluding carboxylic acids is 2. The van der Waals surface area contributed by atoms with E-state index < -0.39 is 11.9 Å². The monoisotopic (exact) mass is 471 g/mol. The van der Waals surface area contributed by atoms with Gasteiger partial charge in [0, 0.05) is 43.7 Å². The molecule has 1 aromatic heterocycles. The molecule has 4 rings (SSSR count). The van der Waals surface area contributed by atoms with E-state index >= 15 is 0 Å². The Kier molecular flexibility index (Phi) is 6.45.